The van der Waals surface area contributed by atoms with E-state index in [1.54, 1.807) is 0 Å². The molecule has 19 heavy (non-hydrogen) atoms. The Morgan fingerprint density at radius 1 is 0.895 bits per heavy atom. The lowest BCUT2D eigenvalue weighted by molar-refractivity contribution is 0.0821. The zero-order chi connectivity index (χ0) is 13.3. The molecular weight excluding hydrogens is 232 g/mol. The van der Waals surface area contributed by atoms with Crippen molar-refractivity contribution in [2.45, 2.75) is 76.3 Å². The van der Waals surface area contributed by atoms with Crippen LogP contribution in [-0.4, -0.2) is 36.6 Å². The van der Waals surface area contributed by atoms with Crippen molar-refractivity contribution < 1.29 is 0 Å². The molecule has 0 aromatic rings. The van der Waals surface area contributed by atoms with E-state index in [4.69, 9.17) is 6.42 Å². The summed E-state index contributed by atoms with van der Waals surface area (Å²) >= 11 is 0. The highest BCUT2D eigenvalue weighted by Gasteiger charge is 2.28. The molecule has 0 spiro atoms. The van der Waals surface area contributed by atoms with Gasteiger partial charge in [0.25, 0.3) is 0 Å². The van der Waals surface area contributed by atoms with Crippen LogP contribution in [0.5, 0.6) is 0 Å². The van der Waals surface area contributed by atoms with Crippen LogP contribution in [0.2, 0.25) is 0 Å². The largest absolute Gasteiger partial charge is 0.305 e. The van der Waals surface area contributed by atoms with Gasteiger partial charge in [0, 0.05) is 25.2 Å². The Hall–Kier alpha value is -0.520. The van der Waals surface area contributed by atoms with Crippen LogP contribution in [0.15, 0.2) is 0 Å². The molecule has 2 rings (SSSR count). The second kappa shape index (κ2) is 8.61. The van der Waals surface area contributed by atoms with Gasteiger partial charge >= 0.3 is 0 Å². The summed E-state index contributed by atoms with van der Waals surface area (Å²) in [5.74, 6) is 2.67. The first-order valence-electron chi connectivity index (χ1n) is 8.31. The molecule has 0 bridgehead atoms. The van der Waals surface area contributed by atoms with Gasteiger partial charge in [0.2, 0.25) is 0 Å². The lowest BCUT2D eigenvalue weighted by Gasteiger charge is -2.41. The van der Waals surface area contributed by atoms with Gasteiger partial charge in [-0.1, -0.05) is 44.4 Å². The first-order valence-corrected chi connectivity index (χ1v) is 8.31. The molecule has 2 nitrogen and oxygen atoms in total. The molecule has 2 fully saturated rings. The zero-order valence-electron chi connectivity index (χ0n) is 12.4. The van der Waals surface area contributed by atoms with Crippen molar-refractivity contribution >= 4 is 0 Å². The Bertz CT molecular complexity index is 251. The summed E-state index contributed by atoms with van der Waals surface area (Å²) in [6, 6.07) is 1.70. The fraction of sp³-hybridized carbons (Fsp3) is 0.882. The van der Waals surface area contributed by atoms with Gasteiger partial charge in [0.15, 0.2) is 0 Å². The van der Waals surface area contributed by atoms with E-state index in [1.807, 2.05) is 0 Å². The topological polar surface area (TPSA) is 15.3 Å². The molecule has 0 aromatic carbocycles. The van der Waals surface area contributed by atoms with Crippen molar-refractivity contribution in [2.75, 3.05) is 19.6 Å². The Balaban J connectivity index is 1.85. The van der Waals surface area contributed by atoms with E-state index in [0.717, 1.165) is 18.6 Å². The molecule has 0 radical (unpaired) electrons. The maximum Gasteiger partial charge on any atom is 0.0574 e. The van der Waals surface area contributed by atoms with Gasteiger partial charge in [-0.3, -0.25) is 4.90 Å². The highest BCUT2D eigenvalue weighted by atomic mass is 15.2. The Kier molecular flexibility index (Phi) is 6.74. The van der Waals surface area contributed by atoms with E-state index < -0.39 is 0 Å². The predicted molar refractivity (Wildman–Crippen MR) is 82.2 cm³/mol. The van der Waals surface area contributed by atoms with E-state index in [0.29, 0.717) is 6.54 Å². The molecule has 2 heteroatoms. The Morgan fingerprint density at radius 3 is 1.89 bits per heavy atom. The monoisotopic (exact) mass is 262 g/mol. The smallest absolute Gasteiger partial charge is 0.0574 e. The number of nitrogens with zero attached hydrogens (tertiary/aromatic N) is 1. The highest BCUT2D eigenvalue weighted by Crippen LogP contribution is 2.29. The minimum atomic E-state index is 0.711. The maximum absolute atomic E-state index is 5.30. The minimum Gasteiger partial charge on any atom is -0.305 e. The molecule has 108 valence electrons. The maximum atomic E-state index is 5.30. The quantitative estimate of drug-likeness (QED) is 0.584. The molecule has 2 aliphatic rings. The predicted octanol–water partition coefficient (Wildman–Crippen LogP) is 3.18. The molecule has 0 saturated heterocycles. The van der Waals surface area contributed by atoms with Gasteiger partial charge < -0.3 is 5.32 Å². The normalized spacial score (nSPS) is 22.5. The fourth-order valence-corrected chi connectivity index (χ4v) is 3.86. The average Bonchev–Trinajstić information content (AvgIpc) is 2.49. The first-order chi connectivity index (χ1) is 9.42. The lowest BCUT2D eigenvalue weighted by Crippen LogP contribution is -2.47. The van der Waals surface area contributed by atoms with Crippen LogP contribution in [0, 0.1) is 12.3 Å². The highest BCUT2D eigenvalue weighted by molar-refractivity contribution is 4.88. The fourth-order valence-electron chi connectivity index (χ4n) is 3.86. The zero-order valence-corrected chi connectivity index (χ0v) is 12.4. The summed E-state index contributed by atoms with van der Waals surface area (Å²) in [6.07, 6.45) is 19.6. The minimum absolute atomic E-state index is 0.711. The Morgan fingerprint density at radius 2 is 1.42 bits per heavy atom. The van der Waals surface area contributed by atoms with E-state index in [2.05, 4.69) is 16.1 Å². The molecule has 1 N–H and O–H groups in total. The third kappa shape index (κ3) is 4.82. The number of hydrogen-bond donors (Lipinski definition) is 1. The van der Waals surface area contributed by atoms with Crippen molar-refractivity contribution in [3.63, 3.8) is 0 Å². The average molecular weight is 262 g/mol. The van der Waals surface area contributed by atoms with Gasteiger partial charge in [-0.05, 0) is 25.7 Å². The standard InChI is InChI=1S/C17H30N2/c1-2-13-18-14-15-19(16-9-5-3-6-10-16)17-11-7-4-8-12-17/h1,16-18H,3-15H2. The number of rotatable bonds is 6. The molecule has 2 saturated carbocycles. The van der Waals surface area contributed by atoms with Crippen LogP contribution in [0.3, 0.4) is 0 Å². The van der Waals surface area contributed by atoms with Crippen LogP contribution < -0.4 is 5.32 Å². The third-order valence-electron chi connectivity index (χ3n) is 4.86. The van der Waals surface area contributed by atoms with Crippen LogP contribution in [-0.2, 0) is 0 Å². The molecule has 0 unspecified atom stereocenters. The summed E-state index contributed by atoms with van der Waals surface area (Å²) in [5.41, 5.74) is 0. The van der Waals surface area contributed by atoms with Crippen LogP contribution in [0.4, 0.5) is 0 Å². The SMILES string of the molecule is C#CCNCCN(C1CCCCC1)C1CCCCC1. The molecule has 0 heterocycles. The van der Waals surface area contributed by atoms with Crippen LogP contribution in [0.1, 0.15) is 64.2 Å². The molecule has 2 aliphatic carbocycles. The van der Waals surface area contributed by atoms with Crippen molar-refractivity contribution in [1.29, 1.82) is 0 Å². The van der Waals surface area contributed by atoms with E-state index in [9.17, 15) is 0 Å². The van der Waals surface area contributed by atoms with Gasteiger partial charge in [0.1, 0.15) is 0 Å². The third-order valence-corrected chi connectivity index (χ3v) is 4.86. The van der Waals surface area contributed by atoms with Crippen molar-refractivity contribution in [3.8, 4) is 12.3 Å². The van der Waals surface area contributed by atoms with Gasteiger partial charge in [-0.25, -0.2) is 0 Å². The molecular formula is C17H30N2. The number of nitrogens with one attached hydrogen (secondary N) is 1. The molecule has 0 amide bonds. The van der Waals surface area contributed by atoms with E-state index in [-0.39, 0.29) is 0 Å². The molecule has 0 atom stereocenters. The summed E-state index contributed by atoms with van der Waals surface area (Å²) in [7, 11) is 0. The molecule has 0 aliphatic heterocycles. The number of hydrogen-bond acceptors (Lipinski definition) is 2. The van der Waals surface area contributed by atoms with Gasteiger partial charge in [0.05, 0.1) is 6.54 Å². The van der Waals surface area contributed by atoms with Crippen molar-refractivity contribution in [2.24, 2.45) is 0 Å². The Labute approximate surface area is 119 Å². The summed E-state index contributed by atoms with van der Waals surface area (Å²) in [6.45, 7) is 2.96. The van der Waals surface area contributed by atoms with E-state index in [1.165, 1.54) is 70.8 Å². The number of terminal acetylenes is 1. The van der Waals surface area contributed by atoms with E-state index >= 15 is 0 Å². The van der Waals surface area contributed by atoms with Gasteiger partial charge in [-0.15, -0.1) is 6.42 Å². The summed E-state index contributed by atoms with van der Waals surface area (Å²) in [4.78, 5) is 2.84. The second-order valence-electron chi connectivity index (χ2n) is 6.20. The van der Waals surface area contributed by atoms with Crippen LogP contribution >= 0.6 is 0 Å². The molecule has 0 aromatic heterocycles. The summed E-state index contributed by atoms with van der Waals surface area (Å²) < 4.78 is 0. The lowest BCUT2D eigenvalue weighted by atomic mass is 9.88. The van der Waals surface area contributed by atoms with Crippen molar-refractivity contribution in [1.82, 2.24) is 10.2 Å². The second-order valence-corrected chi connectivity index (χ2v) is 6.20. The summed E-state index contributed by atoms with van der Waals surface area (Å²) in [5, 5.41) is 3.37. The first kappa shape index (κ1) is 14.9. The van der Waals surface area contributed by atoms with Crippen LogP contribution in [0.25, 0.3) is 0 Å². The van der Waals surface area contributed by atoms with Crippen molar-refractivity contribution in [3.05, 3.63) is 0 Å². The van der Waals surface area contributed by atoms with Gasteiger partial charge in [-0.2, -0.15) is 0 Å².